The topological polar surface area (TPSA) is 44.8 Å². The lowest BCUT2D eigenvalue weighted by Gasteiger charge is -2.47. The Morgan fingerprint density at radius 2 is 2.15 bits per heavy atom. The van der Waals surface area contributed by atoms with Gasteiger partial charge in [0.05, 0.1) is 7.11 Å². The summed E-state index contributed by atoms with van der Waals surface area (Å²) in [6.45, 7) is 5.59. The molecule has 1 N–H and O–H groups in total. The Labute approximate surface area is 122 Å². The van der Waals surface area contributed by atoms with Gasteiger partial charge in [0, 0.05) is 31.7 Å². The molecule has 1 aliphatic heterocycles. The number of carbonyl (C=O) groups excluding carboxylic acids is 1. The molecule has 0 amide bonds. The smallest absolute Gasteiger partial charge is 0.326 e. The Morgan fingerprint density at radius 3 is 2.75 bits per heavy atom. The second-order valence-corrected chi connectivity index (χ2v) is 6.40. The van der Waals surface area contributed by atoms with E-state index in [2.05, 4.69) is 29.1 Å². The summed E-state index contributed by atoms with van der Waals surface area (Å²) in [5, 5.41) is 3.25. The van der Waals surface area contributed by atoms with Crippen LogP contribution in [0.25, 0.3) is 0 Å². The SMILES string of the molecule is CNC1(C(=O)OC)CCCC(N2CCN(C)C(C)C2)C1. The number of methoxy groups -OCH3 is 1. The van der Waals surface area contributed by atoms with Gasteiger partial charge in [-0.1, -0.05) is 0 Å². The van der Waals surface area contributed by atoms with E-state index in [0.717, 1.165) is 38.9 Å². The molecule has 20 heavy (non-hydrogen) atoms. The zero-order valence-electron chi connectivity index (χ0n) is 13.3. The van der Waals surface area contributed by atoms with E-state index in [1.807, 2.05) is 7.05 Å². The van der Waals surface area contributed by atoms with Crippen LogP contribution in [0.2, 0.25) is 0 Å². The summed E-state index contributed by atoms with van der Waals surface area (Å²) in [5.41, 5.74) is -0.482. The molecule has 2 fully saturated rings. The average molecular weight is 283 g/mol. The quantitative estimate of drug-likeness (QED) is 0.772. The molecule has 1 heterocycles. The van der Waals surface area contributed by atoms with Gasteiger partial charge in [0.15, 0.2) is 0 Å². The molecule has 2 aliphatic rings. The highest BCUT2D eigenvalue weighted by Crippen LogP contribution is 2.33. The molecule has 5 heteroatoms. The fraction of sp³-hybridized carbons (Fsp3) is 0.933. The molecular weight excluding hydrogens is 254 g/mol. The van der Waals surface area contributed by atoms with E-state index < -0.39 is 5.54 Å². The van der Waals surface area contributed by atoms with Crippen LogP contribution in [0.5, 0.6) is 0 Å². The van der Waals surface area contributed by atoms with Crippen molar-refractivity contribution in [2.24, 2.45) is 0 Å². The number of esters is 1. The maximum Gasteiger partial charge on any atom is 0.326 e. The fourth-order valence-electron chi connectivity index (χ4n) is 3.68. The van der Waals surface area contributed by atoms with Crippen molar-refractivity contribution < 1.29 is 9.53 Å². The van der Waals surface area contributed by atoms with Crippen LogP contribution in [-0.4, -0.2) is 74.2 Å². The molecule has 3 atom stereocenters. The summed E-state index contributed by atoms with van der Waals surface area (Å²) in [7, 11) is 5.56. The van der Waals surface area contributed by atoms with Gasteiger partial charge in [0.1, 0.15) is 5.54 Å². The zero-order valence-corrected chi connectivity index (χ0v) is 13.3. The zero-order chi connectivity index (χ0) is 14.8. The first-order valence-electron chi connectivity index (χ1n) is 7.74. The van der Waals surface area contributed by atoms with E-state index in [-0.39, 0.29) is 5.97 Å². The molecule has 2 rings (SSSR count). The van der Waals surface area contributed by atoms with Crippen molar-refractivity contribution in [3.63, 3.8) is 0 Å². The van der Waals surface area contributed by atoms with Crippen molar-refractivity contribution in [1.29, 1.82) is 0 Å². The molecule has 0 radical (unpaired) electrons. The summed E-state index contributed by atoms with van der Waals surface area (Å²) in [5.74, 6) is -0.105. The van der Waals surface area contributed by atoms with E-state index in [1.165, 1.54) is 13.5 Å². The monoisotopic (exact) mass is 283 g/mol. The average Bonchev–Trinajstić information content (AvgIpc) is 2.49. The molecule has 1 saturated carbocycles. The van der Waals surface area contributed by atoms with Gasteiger partial charge in [-0.25, -0.2) is 0 Å². The minimum Gasteiger partial charge on any atom is -0.468 e. The minimum atomic E-state index is -0.482. The van der Waals surface area contributed by atoms with Crippen LogP contribution in [-0.2, 0) is 9.53 Å². The molecule has 5 nitrogen and oxygen atoms in total. The normalized spacial score (nSPS) is 36.8. The van der Waals surface area contributed by atoms with Crippen LogP contribution in [0.3, 0.4) is 0 Å². The van der Waals surface area contributed by atoms with E-state index in [9.17, 15) is 4.79 Å². The third-order valence-corrected chi connectivity index (χ3v) is 5.29. The van der Waals surface area contributed by atoms with Gasteiger partial charge in [-0.15, -0.1) is 0 Å². The van der Waals surface area contributed by atoms with Gasteiger partial charge in [-0.3, -0.25) is 9.69 Å². The van der Waals surface area contributed by atoms with Crippen LogP contribution in [0, 0.1) is 0 Å². The molecule has 3 unspecified atom stereocenters. The number of hydrogen-bond donors (Lipinski definition) is 1. The van der Waals surface area contributed by atoms with Crippen LogP contribution >= 0.6 is 0 Å². The van der Waals surface area contributed by atoms with Crippen molar-refractivity contribution >= 4 is 5.97 Å². The number of likely N-dealkylation sites (N-methyl/N-ethyl adjacent to an activating group) is 2. The first-order valence-corrected chi connectivity index (χ1v) is 7.74. The summed E-state index contributed by atoms with van der Waals surface area (Å²) < 4.78 is 5.03. The van der Waals surface area contributed by atoms with E-state index in [0.29, 0.717) is 12.1 Å². The number of nitrogens with zero attached hydrogens (tertiary/aromatic N) is 2. The van der Waals surface area contributed by atoms with Crippen molar-refractivity contribution in [3.8, 4) is 0 Å². The molecule has 0 aromatic carbocycles. The van der Waals surface area contributed by atoms with Gasteiger partial charge in [-0.05, 0) is 46.7 Å². The molecule has 116 valence electrons. The first-order chi connectivity index (χ1) is 9.52. The van der Waals surface area contributed by atoms with Crippen molar-refractivity contribution in [2.75, 3.05) is 40.8 Å². The van der Waals surface area contributed by atoms with Crippen molar-refractivity contribution in [2.45, 2.75) is 50.2 Å². The van der Waals surface area contributed by atoms with Gasteiger partial charge < -0.3 is 15.0 Å². The molecule has 0 spiro atoms. The highest BCUT2D eigenvalue weighted by molar-refractivity contribution is 5.81. The number of carbonyl (C=O) groups is 1. The number of hydrogen-bond acceptors (Lipinski definition) is 5. The molecule has 1 aliphatic carbocycles. The standard InChI is InChI=1S/C15H29N3O2/c1-12-11-18(9-8-17(12)3)13-6-5-7-15(10-13,16-2)14(19)20-4/h12-13,16H,5-11H2,1-4H3. The van der Waals surface area contributed by atoms with Crippen LogP contribution in [0.15, 0.2) is 0 Å². The van der Waals surface area contributed by atoms with Gasteiger partial charge in [0.2, 0.25) is 0 Å². The summed E-state index contributed by atoms with van der Waals surface area (Å²) >= 11 is 0. The van der Waals surface area contributed by atoms with E-state index >= 15 is 0 Å². The van der Waals surface area contributed by atoms with Crippen LogP contribution < -0.4 is 5.32 Å². The van der Waals surface area contributed by atoms with Gasteiger partial charge >= 0.3 is 5.97 Å². The first kappa shape index (κ1) is 15.7. The highest BCUT2D eigenvalue weighted by atomic mass is 16.5. The largest absolute Gasteiger partial charge is 0.468 e. The predicted octanol–water partition coefficient (Wildman–Crippen LogP) is 0.696. The maximum absolute atomic E-state index is 12.2. The Morgan fingerprint density at radius 1 is 1.40 bits per heavy atom. The summed E-state index contributed by atoms with van der Waals surface area (Å²) in [6, 6.07) is 1.08. The molecular formula is C15H29N3O2. The number of nitrogens with one attached hydrogen (secondary N) is 1. The highest BCUT2D eigenvalue weighted by Gasteiger charge is 2.44. The third kappa shape index (κ3) is 3.00. The van der Waals surface area contributed by atoms with Gasteiger partial charge in [-0.2, -0.15) is 0 Å². The molecule has 1 saturated heterocycles. The Balaban J connectivity index is 2.04. The Kier molecular flexibility index (Phi) is 5.04. The second kappa shape index (κ2) is 6.41. The number of piperazine rings is 1. The third-order valence-electron chi connectivity index (χ3n) is 5.29. The number of rotatable bonds is 3. The van der Waals surface area contributed by atoms with E-state index in [4.69, 9.17) is 4.74 Å². The molecule has 0 aromatic heterocycles. The van der Waals surface area contributed by atoms with Crippen LogP contribution in [0.4, 0.5) is 0 Å². The minimum absolute atomic E-state index is 0.105. The predicted molar refractivity (Wildman–Crippen MR) is 79.7 cm³/mol. The summed E-state index contributed by atoms with van der Waals surface area (Å²) in [6.07, 6.45) is 4.03. The van der Waals surface area contributed by atoms with Crippen LogP contribution in [0.1, 0.15) is 32.6 Å². The van der Waals surface area contributed by atoms with Crippen molar-refractivity contribution in [3.05, 3.63) is 0 Å². The van der Waals surface area contributed by atoms with Gasteiger partial charge in [0.25, 0.3) is 0 Å². The Hall–Kier alpha value is -0.650. The number of ether oxygens (including phenoxy) is 1. The van der Waals surface area contributed by atoms with E-state index in [1.54, 1.807) is 0 Å². The maximum atomic E-state index is 12.2. The lowest BCUT2D eigenvalue weighted by molar-refractivity contribution is -0.151. The fourth-order valence-corrected chi connectivity index (χ4v) is 3.68. The Bertz CT molecular complexity index is 350. The molecule has 0 aromatic rings. The van der Waals surface area contributed by atoms with Crippen molar-refractivity contribution in [1.82, 2.24) is 15.1 Å². The summed E-state index contributed by atoms with van der Waals surface area (Å²) in [4.78, 5) is 17.1. The molecule has 0 bridgehead atoms. The lowest BCUT2D eigenvalue weighted by atomic mass is 9.78. The lowest BCUT2D eigenvalue weighted by Crippen LogP contribution is -2.60. The second-order valence-electron chi connectivity index (χ2n) is 6.40.